The minimum absolute atomic E-state index is 0.618. The van der Waals surface area contributed by atoms with Crippen LogP contribution in [0.5, 0.6) is 5.75 Å². The number of fused-ring (bicyclic) bond motifs is 4. The SMILES string of the molecule is COc1ccc(C2(C#N)CCc3c(cnn3-c3ccccc3)C2)c2c1oc1ccccc12. The summed E-state index contributed by atoms with van der Waals surface area (Å²) in [5, 5.41) is 17.1. The number of rotatable bonds is 3. The number of methoxy groups -OCH3 is 1. The van der Waals surface area contributed by atoms with Gasteiger partial charge in [0.2, 0.25) is 0 Å². The molecule has 0 radical (unpaired) electrons. The lowest BCUT2D eigenvalue weighted by molar-refractivity contribution is 0.411. The van der Waals surface area contributed by atoms with Crippen LogP contribution in [-0.4, -0.2) is 16.9 Å². The topological polar surface area (TPSA) is 64.0 Å². The number of hydrogen-bond donors (Lipinski definition) is 0. The lowest BCUT2D eigenvalue weighted by Gasteiger charge is -2.32. The molecule has 0 spiro atoms. The van der Waals surface area contributed by atoms with Gasteiger partial charge >= 0.3 is 0 Å². The van der Waals surface area contributed by atoms with Gasteiger partial charge in [0.1, 0.15) is 5.58 Å². The molecule has 3 aromatic carbocycles. The zero-order chi connectivity index (χ0) is 21.7. The molecular formula is C27H21N3O2. The highest BCUT2D eigenvalue weighted by molar-refractivity contribution is 6.09. The van der Waals surface area contributed by atoms with E-state index in [-0.39, 0.29) is 0 Å². The van der Waals surface area contributed by atoms with E-state index in [0.29, 0.717) is 17.8 Å². The van der Waals surface area contributed by atoms with Crippen LogP contribution in [0.15, 0.2) is 77.3 Å². The normalized spacial score (nSPS) is 17.9. The number of para-hydroxylation sites is 2. The van der Waals surface area contributed by atoms with Gasteiger partial charge in [0, 0.05) is 16.5 Å². The van der Waals surface area contributed by atoms with Crippen molar-refractivity contribution in [3.05, 3.63) is 89.7 Å². The number of nitrogens with zero attached hydrogens (tertiary/aromatic N) is 3. The summed E-state index contributed by atoms with van der Waals surface area (Å²) in [4.78, 5) is 0. The van der Waals surface area contributed by atoms with Crippen molar-refractivity contribution in [1.82, 2.24) is 9.78 Å². The van der Waals surface area contributed by atoms with Crippen LogP contribution in [0.25, 0.3) is 27.6 Å². The highest BCUT2D eigenvalue weighted by Crippen LogP contribution is 2.46. The first-order valence-corrected chi connectivity index (χ1v) is 10.8. The number of aromatic nitrogens is 2. The van der Waals surface area contributed by atoms with Crippen molar-refractivity contribution in [2.24, 2.45) is 0 Å². The number of furan rings is 1. The first kappa shape index (κ1) is 18.7. The number of ether oxygens (including phenoxy) is 1. The highest BCUT2D eigenvalue weighted by atomic mass is 16.5. The van der Waals surface area contributed by atoms with Gasteiger partial charge in [-0.15, -0.1) is 0 Å². The maximum atomic E-state index is 10.5. The van der Waals surface area contributed by atoms with Gasteiger partial charge in [-0.05, 0) is 54.7 Å². The van der Waals surface area contributed by atoms with Crippen LogP contribution in [-0.2, 0) is 18.3 Å². The van der Waals surface area contributed by atoms with E-state index in [1.54, 1.807) is 7.11 Å². The molecule has 5 nitrogen and oxygen atoms in total. The molecule has 0 aliphatic heterocycles. The van der Waals surface area contributed by atoms with E-state index in [9.17, 15) is 5.26 Å². The van der Waals surface area contributed by atoms with Gasteiger partial charge in [-0.1, -0.05) is 42.5 Å². The van der Waals surface area contributed by atoms with Crippen molar-refractivity contribution in [2.45, 2.75) is 24.7 Å². The summed E-state index contributed by atoms with van der Waals surface area (Å²) in [5.74, 6) is 0.682. The first-order chi connectivity index (χ1) is 15.7. The maximum Gasteiger partial charge on any atom is 0.177 e. The molecular weight excluding hydrogens is 398 g/mol. The summed E-state index contributed by atoms with van der Waals surface area (Å²) in [5.41, 5.74) is 5.20. The minimum Gasteiger partial charge on any atom is -0.493 e. The second-order valence-electron chi connectivity index (χ2n) is 8.35. The number of hydrogen-bond acceptors (Lipinski definition) is 4. The Morgan fingerprint density at radius 2 is 1.88 bits per heavy atom. The van der Waals surface area contributed by atoms with E-state index in [2.05, 4.69) is 29.4 Å². The predicted molar refractivity (Wildman–Crippen MR) is 123 cm³/mol. The van der Waals surface area contributed by atoms with Gasteiger partial charge in [-0.25, -0.2) is 4.68 Å². The summed E-state index contributed by atoms with van der Waals surface area (Å²) < 4.78 is 13.8. The van der Waals surface area contributed by atoms with E-state index >= 15 is 0 Å². The van der Waals surface area contributed by atoms with Crippen LogP contribution in [0.4, 0.5) is 0 Å². The van der Waals surface area contributed by atoms with E-state index in [4.69, 9.17) is 9.15 Å². The van der Waals surface area contributed by atoms with Crippen LogP contribution in [0, 0.1) is 11.3 Å². The average molecular weight is 419 g/mol. The van der Waals surface area contributed by atoms with Crippen molar-refractivity contribution < 1.29 is 9.15 Å². The van der Waals surface area contributed by atoms with Gasteiger partial charge in [0.25, 0.3) is 0 Å². The Morgan fingerprint density at radius 3 is 2.69 bits per heavy atom. The molecule has 0 N–H and O–H groups in total. The second kappa shape index (κ2) is 7.00. The van der Waals surface area contributed by atoms with Crippen LogP contribution >= 0.6 is 0 Å². The standard InChI is InChI=1S/C27H21N3O2/c1-31-24-12-11-21(25-20-9-5-6-10-23(20)32-26(24)25)27(17-28)14-13-22-18(15-27)16-29-30(22)19-7-3-2-4-8-19/h2-12,16H,13-15H2,1H3. The van der Waals surface area contributed by atoms with Gasteiger partial charge in [-0.3, -0.25) is 0 Å². The molecule has 2 heterocycles. The Morgan fingerprint density at radius 1 is 1.06 bits per heavy atom. The average Bonchev–Trinajstić information content (AvgIpc) is 3.45. The molecule has 0 saturated heterocycles. The third-order valence-corrected chi connectivity index (χ3v) is 6.68. The Balaban J connectivity index is 1.53. The fourth-order valence-corrected chi connectivity index (χ4v) is 5.11. The number of nitriles is 1. The second-order valence-corrected chi connectivity index (χ2v) is 8.35. The van der Waals surface area contributed by atoms with E-state index in [0.717, 1.165) is 46.0 Å². The van der Waals surface area contributed by atoms with E-state index < -0.39 is 5.41 Å². The molecule has 5 aromatic rings. The third kappa shape index (κ3) is 2.59. The van der Waals surface area contributed by atoms with Crippen molar-refractivity contribution in [3.8, 4) is 17.5 Å². The van der Waals surface area contributed by atoms with Crippen molar-refractivity contribution in [3.63, 3.8) is 0 Å². The van der Waals surface area contributed by atoms with Crippen LogP contribution in [0.1, 0.15) is 23.2 Å². The Kier molecular flexibility index (Phi) is 4.09. The molecule has 32 heavy (non-hydrogen) atoms. The lowest BCUT2D eigenvalue weighted by Crippen LogP contribution is -2.32. The summed E-state index contributed by atoms with van der Waals surface area (Å²) in [6.45, 7) is 0. The van der Waals surface area contributed by atoms with Crippen molar-refractivity contribution >= 4 is 21.9 Å². The summed E-state index contributed by atoms with van der Waals surface area (Å²) in [7, 11) is 1.65. The maximum absolute atomic E-state index is 10.5. The van der Waals surface area contributed by atoms with Gasteiger partial charge < -0.3 is 9.15 Å². The Labute approximate surface area is 185 Å². The smallest absolute Gasteiger partial charge is 0.177 e. The molecule has 1 atom stereocenters. The molecule has 0 amide bonds. The minimum atomic E-state index is -0.658. The van der Waals surface area contributed by atoms with Crippen molar-refractivity contribution in [2.75, 3.05) is 7.11 Å². The van der Waals surface area contributed by atoms with Crippen molar-refractivity contribution in [1.29, 1.82) is 5.26 Å². The van der Waals surface area contributed by atoms with Gasteiger partial charge in [-0.2, -0.15) is 10.4 Å². The van der Waals surface area contributed by atoms with Gasteiger partial charge in [0.15, 0.2) is 11.3 Å². The van der Waals surface area contributed by atoms with Crippen LogP contribution in [0.2, 0.25) is 0 Å². The molecule has 1 unspecified atom stereocenters. The summed E-state index contributed by atoms with van der Waals surface area (Å²) in [6.07, 6.45) is 4.03. The van der Waals surface area contributed by atoms with E-state index in [1.165, 1.54) is 5.69 Å². The van der Waals surface area contributed by atoms with Crippen LogP contribution in [0.3, 0.4) is 0 Å². The molecule has 1 aliphatic carbocycles. The van der Waals surface area contributed by atoms with Crippen LogP contribution < -0.4 is 4.74 Å². The quantitative estimate of drug-likeness (QED) is 0.375. The molecule has 6 rings (SSSR count). The van der Waals surface area contributed by atoms with E-state index in [1.807, 2.05) is 59.4 Å². The highest BCUT2D eigenvalue weighted by Gasteiger charge is 2.40. The molecule has 0 fully saturated rings. The largest absolute Gasteiger partial charge is 0.493 e. The fraction of sp³-hybridized carbons (Fsp3) is 0.185. The Bertz CT molecular complexity index is 1510. The third-order valence-electron chi connectivity index (χ3n) is 6.68. The summed E-state index contributed by atoms with van der Waals surface area (Å²) in [6, 6.07) is 24.8. The molecule has 5 heteroatoms. The molecule has 2 aromatic heterocycles. The predicted octanol–water partition coefficient (Wildman–Crippen LogP) is 5.73. The molecule has 0 saturated carbocycles. The monoisotopic (exact) mass is 419 g/mol. The van der Waals surface area contributed by atoms with Gasteiger partial charge in [0.05, 0.1) is 30.5 Å². The molecule has 156 valence electrons. The zero-order valence-electron chi connectivity index (χ0n) is 17.7. The molecule has 0 bridgehead atoms. The molecule has 1 aliphatic rings. The first-order valence-electron chi connectivity index (χ1n) is 10.8. The summed E-state index contributed by atoms with van der Waals surface area (Å²) >= 11 is 0. The fourth-order valence-electron chi connectivity index (χ4n) is 5.11. The number of benzene rings is 3. The zero-order valence-corrected chi connectivity index (χ0v) is 17.7. The Hall–Kier alpha value is -4.04. The lowest BCUT2D eigenvalue weighted by atomic mass is 9.69.